The summed E-state index contributed by atoms with van der Waals surface area (Å²) in [7, 11) is 3.17. The second kappa shape index (κ2) is 7.24. The van der Waals surface area contributed by atoms with Crippen LogP contribution in [0.3, 0.4) is 0 Å². The Morgan fingerprint density at radius 3 is 2.78 bits per heavy atom. The third kappa shape index (κ3) is 4.55. The predicted molar refractivity (Wildman–Crippen MR) is 69.2 cm³/mol. The summed E-state index contributed by atoms with van der Waals surface area (Å²) >= 11 is 0. The van der Waals surface area contributed by atoms with Gasteiger partial charge in [-0.1, -0.05) is 6.92 Å². The Morgan fingerprint density at radius 1 is 1.44 bits per heavy atom. The zero-order valence-electron chi connectivity index (χ0n) is 11.6. The molecule has 0 spiro atoms. The van der Waals surface area contributed by atoms with Gasteiger partial charge < -0.3 is 14.5 Å². The minimum atomic E-state index is -0.220. The Kier molecular flexibility index (Phi) is 5.95. The normalized spacial score (nSPS) is 19.5. The molecule has 0 aromatic rings. The minimum Gasteiger partial charge on any atom is -0.469 e. The van der Waals surface area contributed by atoms with E-state index in [1.165, 1.54) is 13.5 Å². The van der Waals surface area contributed by atoms with Gasteiger partial charge in [-0.3, -0.25) is 4.79 Å². The lowest BCUT2D eigenvalue weighted by molar-refractivity contribution is -0.140. The van der Waals surface area contributed by atoms with Gasteiger partial charge in [0.25, 0.3) is 0 Å². The van der Waals surface area contributed by atoms with Crippen LogP contribution in [0.5, 0.6) is 0 Å². The van der Waals surface area contributed by atoms with Gasteiger partial charge in [0, 0.05) is 33.1 Å². The van der Waals surface area contributed by atoms with Crippen molar-refractivity contribution in [3.8, 4) is 0 Å². The Morgan fingerprint density at radius 2 is 2.17 bits per heavy atom. The van der Waals surface area contributed by atoms with Crippen LogP contribution in [0.4, 0.5) is 4.79 Å². The molecule has 18 heavy (non-hydrogen) atoms. The van der Waals surface area contributed by atoms with Crippen LogP contribution in [0, 0.1) is 5.92 Å². The van der Waals surface area contributed by atoms with E-state index in [1.54, 1.807) is 11.9 Å². The van der Waals surface area contributed by atoms with Gasteiger partial charge in [-0.05, 0) is 25.2 Å². The van der Waals surface area contributed by atoms with Gasteiger partial charge in [-0.25, -0.2) is 4.79 Å². The van der Waals surface area contributed by atoms with E-state index in [2.05, 4.69) is 11.7 Å². The van der Waals surface area contributed by atoms with Gasteiger partial charge in [0.05, 0.1) is 7.11 Å². The van der Waals surface area contributed by atoms with Crippen molar-refractivity contribution >= 4 is 12.0 Å². The number of esters is 1. The van der Waals surface area contributed by atoms with Crippen molar-refractivity contribution < 1.29 is 14.3 Å². The number of hydrogen-bond donors (Lipinski definition) is 0. The van der Waals surface area contributed by atoms with Gasteiger partial charge in [0.15, 0.2) is 0 Å². The maximum Gasteiger partial charge on any atom is 0.319 e. The van der Waals surface area contributed by atoms with Crippen molar-refractivity contribution in [1.29, 1.82) is 0 Å². The first kappa shape index (κ1) is 14.8. The van der Waals surface area contributed by atoms with E-state index < -0.39 is 0 Å². The number of carbonyl (C=O) groups is 2. The molecule has 0 aromatic heterocycles. The van der Waals surface area contributed by atoms with E-state index in [1.807, 2.05) is 4.90 Å². The van der Waals surface area contributed by atoms with Gasteiger partial charge in [0.2, 0.25) is 0 Å². The third-order valence-electron chi connectivity index (χ3n) is 3.36. The fraction of sp³-hybridized carbons (Fsp3) is 0.846. The average Bonchev–Trinajstić information content (AvgIpc) is 2.37. The first-order valence-electron chi connectivity index (χ1n) is 6.61. The maximum absolute atomic E-state index is 12.1. The van der Waals surface area contributed by atoms with Crippen LogP contribution in [0.2, 0.25) is 0 Å². The summed E-state index contributed by atoms with van der Waals surface area (Å²) in [6.07, 6.45) is 3.31. The van der Waals surface area contributed by atoms with Crippen molar-refractivity contribution in [2.45, 2.75) is 32.6 Å². The number of ether oxygens (including phenoxy) is 1. The number of amides is 2. The number of hydrogen-bond acceptors (Lipinski definition) is 3. The maximum atomic E-state index is 12.1. The van der Waals surface area contributed by atoms with Crippen molar-refractivity contribution in [3.63, 3.8) is 0 Å². The van der Waals surface area contributed by atoms with Crippen LogP contribution >= 0.6 is 0 Å². The number of carbonyl (C=O) groups excluding carboxylic acids is 2. The number of piperidine rings is 1. The van der Waals surface area contributed by atoms with E-state index in [9.17, 15) is 9.59 Å². The molecule has 0 aliphatic carbocycles. The summed E-state index contributed by atoms with van der Waals surface area (Å²) in [6.45, 7) is 4.47. The Balaban J connectivity index is 2.29. The molecule has 0 aromatic carbocycles. The molecule has 1 unspecified atom stereocenters. The molecule has 1 atom stereocenters. The molecule has 1 fully saturated rings. The number of likely N-dealkylation sites (tertiary alicyclic amines) is 1. The Labute approximate surface area is 109 Å². The Bertz CT molecular complexity index is 294. The third-order valence-corrected chi connectivity index (χ3v) is 3.36. The van der Waals surface area contributed by atoms with Crippen LogP contribution in [-0.2, 0) is 9.53 Å². The molecule has 0 saturated carbocycles. The molecule has 1 aliphatic heterocycles. The summed E-state index contributed by atoms with van der Waals surface area (Å²) in [5.41, 5.74) is 0. The molecule has 2 amide bonds. The predicted octanol–water partition coefficient (Wildman–Crippen LogP) is 1.72. The molecule has 1 aliphatic rings. The summed E-state index contributed by atoms with van der Waals surface area (Å²) in [4.78, 5) is 26.7. The lowest BCUT2D eigenvalue weighted by atomic mass is 10.0. The van der Waals surface area contributed by atoms with Crippen LogP contribution in [0.15, 0.2) is 0 Å². The number of urea groups is 1. The van der Waals surface area contributed by atoms with Gasteiger partial charge in [0.1, 0.15) is 0 Å². The molecule has 1 rings (SSSR count). The molecule has 1 saturated heterocycles. The highest BCUT2D eigenvalue weighted by molar-refractivity contribution is 5.74. The first-order valence-corrected chi connectivity index (χ1v) is 6.61. The second-order valence-electron chi connectivity index (χ2n) is 5.08. The minimum absolute atomic E-state index is 0.0754. The van der Waals surface area contributed by atoms with Crippen LogP contribution in [-0.4, -0.2) is 55.6 Å². The average molecular weight is 256 g/mol. The Hall–Kier alpha value is -1.26. The van der Waals surface area contributed by atoms with Crippen molar-refractivity contribution in [2.75, 3.05) is 33.8 Å². The van der Waals surface area contributed by atoms with Gasteiger partial charge in [-0.2, -0.15) is 0 Å². The molecular formula is C13H24N2O3. The van der Waals surface area contributed by atoms with Crippen molar-refractivity contribution in [1.82, 2.24) is 9.80 Å². The van der Waals surface area contributed by atoms with E-state index in [4.69, 9.17) is 0 Å². The van der Waals surface area contributed by atoms with E-state index in [-0.39, 0.29) is 12.0 Å². The molecule has 0 bridgehead atoms. The first-order chi connectivity index (χ1) is 8.54. The van der Waals surface area contributed by atoms with Crippen molar-refractivity contribution in [3.05, 3.63) is 0 Å². The van der Waals surface area contributed by atoms with Crippen LogP contribution < -0.4 is 0 Å². The van der Waals surface area contributed by atoms with Crippen LogP contribution in [0.1, 0.15) is 32.6 Å². The fourth-order valence-corrected chi connectivity index (χ4v) is 2.26. The monoisotopic (exact) mass is 256 g/mol. The summed E-state index contributed by atoms with van der Waals surface area (Å²) < 4.78 is 4.57. The number of nitrogens with zero attached hydrogens (tertiary/aromatic N) is 2. The molecule has 1 heterocycles. The topological polar surface area (TPSA) is 49.9 Å². The molecule has 104 valence electrons. The zero-order chi connectivity index (χ0) is 13.5. The lowest BCUT2D eigenvalue weighted by Crippen LogP contribution is -2.46. The highest BCUT2D eigenvalue weighted by Gasteiger charge is 2.23. The van der Waals surface area contributed by atoms with E-state index in [0.29, 0.717) is 25.3 Å². The molecule has 0 N–H and O–H groups in total. The second-order valence-corrected chi connectivity index (χ2v) is 5.08. The van der Waals surface area contributed by atoms with Crippen LogP contribution in [0.25, 0.3) is 0 Å². The highest BCUT2D eigenvalue weighted by atomic mass is 16.5. The largest absolute Gasteiger partial charge is 0.469 e. The van der Waals surface area contributed by atoms with Gasteiger partial charge >= 0.3 is 12.0 Å². The molecular weight excluding hydrogens is 232 g/mol. The highest BCUT2D eigenvalue weighted by Crippen LogP contribution is 2.16. The number of rotatable bonds is 4. The lowest BCUT2D eigenvalue weighted by Gasteiger charge is -2.34. The summed E-state index contributed by atoms with van der Waals surface area (Å²) in [5, 5.41) is 0. The zero-order valence-corrected chi connectivity index (χ0v) is 11.6. The number of methoxy groups -OCH3 is 1. The SMILES string of the molecule is COC(=O)CCCN(C)C(=O)N1CCCC(C)C1. The standard InChI is InChI=1S/C13H24N2O3/c1-11-6-4-9-15(10-11)13(17)14(2)8-5-7-12(16)18-3/h11H,4-10H2,1-3H3. The van der Waals surface area contributed by atoms with Gasteiger partial charge in [-0.15, -0.1) is 0 Å². The van der Waals surface area contributed by atoms with E-state index in [0.717, 1.165) is 19.5 Å². The smallest absolute Gasteiger partial charge is 0.319 e. The van der Waals surface area contributed by atoms with E-state index >= 15 is 0 Å². The summed E-state index contributed by atoms with van der Waals surface area (Å²) in [6, 6.07) is 0.0754. The molecule has 0 radical (unpaired) electrons. The molecule has 5 heteroatoms. The summed E-state index contributed by atoms with van der Waals surface area (Å²) in [5.74, 6) is 0.369. The fourth-order valence-electron chi connectivity index (χ4n) is 2.26. The van der Waals surface area contributed by atoms with Crippen molar-refractivity contribution in [2.24, 2.45) is 5.92 Å². The quantitative estimate of drug-likeness (QED) is 0.720. The molecule has 5 nitrogen and oxygen atoms in total.